The summed E-state index contributed by atoms with van der Waals surface area (Å²) < 4.78 is 15.4. The van der Waals surface area contributed by atoms with Crippen molar-refractivity contribution in [3.63, 3.8) is 0 Å². The van der Waals surface area contributed by atoms with Crippen LogP contribution in [0.25, 0.3) is 0 Å². The van der Waals surface area contributed by atoms with Gasteiger partial charge in [-0.25, -0.2) is 9.59 Å². The Bertz CT molecular complexity index is 605. The van der Waals surface area contributed by atoms with E-state index in [0.717, 1.165) is 0 Å². The summed E-state index contributed by atoms with van der Waals surface area (Å²) in [4.78, 5) is 35.9. The fourth-order valence-corrected chi connectivity index (χ4v) is 1.96. The lowest BCUT2D eigenvalue weighted by Gasteiger charge is -2.17. The predicted molar refractivity (Wildman–Crippen MR) is 96.3 cm³/mol. The zero-order chi connectivity index (χ0) is 19.7. The fourth-order valence-electron chi connectivity index (χ4n) is 1.96. The first-order chi connectivity index (χ1) is 12.3. The van der Waals surface area contributed by atoms with Gasteiger partial charge in [-0.2, -0.15) is 0 Å². The monoisotopic (exact) mass is 365 g/mol. The first-order valence-electron chi connectivity index (χ1n) is 8.69. The van der Waals surface area contributed by atoms with Gasteiger partial charge in [0.15, 0.2) is 6.61 Å². The lowest BCUT2D eigenvalue weighted by atomic mass is 10.1. The van der Waals surface area contributed by atoms with E-state index in [0.29, 0.717) is 5.92 Å². The van der Waals surface area contributed by atoms with E-state index >= 15 is 0 Å². The van der Waals surface area contributed by atoms with E-state index in [4.69, 9.17) is 14.2 Å². The number of esters is 2. The van der Waals surface area contributed by atoms with Gasteiger partial charge in [-0.15, -0.1) is 0 Å². The normalized spacial score (nSPS) is 11.6. The number of hydrogen-bond donors (Lipinski definition) is 1. The van der Waals surface area contributed by atoms with E-state index < -0.39 is 11.9 Å². The molecular weight excluding hydrogens is 338 g/mol. The van der Waals surface area contributed by atoms with Crippen molar-refractivity contribution in [1.82, 2.24) is 5.32 Å². The molecule has 0 bridgehead atoms. The zero-order valence-corrected chi connectivity index (χ0v) is 16.0. The molecule has 0 fully saturated rings. The van der Waals surface area contributed by atoms with Gasteiger partial charge in [-0.05, 0) is 44.9 Å². The van der Waals surface area contributed by atoms with Crippen molar-refractivity contribution >= 4 is 17.8 Å². The van der Waals surface area contributed by atoms with Crippen molar-refractivity contribution < 1.29 is 28.6 Å². The molecule has 1 aromatic carbocycles. The van der Waals surface area contributed by atoms with Crippen LogP contribution < -0.4 is 10.1 Å². The Morgan fingerprint density at radius 1 is 0.923 bits per heavy atom. The summed E-state index contributed by atoms with van der Waals surface area (Å²) in [6, 6.07) is 4.25. The number of nitrogens with one attached hydrogen (secondary N) is 1. The van der Waals surface area contributed by atoms with Gasteiger partial charge in [-0.3, -0.25) is 4.79 Å². The minimum absolute atomic E-state index is 0.00654. The molecule has 26 heavy (non-hydrogen) atoms. The van der Waals surface area contributed by atoms with E-state index in [2.05, 4.69) is 5.32 Å². The molecule has 0 saturated heterocycles. The fraction of sp³-hybridized carbons (Fsp3) is 0.526. The molecule has 1 amide bonds. The molecular formula is C19H27NO6. The van der Waals surface area contributed by atoms with Crippen molar-refractivity contribution in [2.24, 2.45) is 5.92 Å². The smallest absolute Gasteiger partial charge is 0.338 e. The highest BCUT2D eigenvalue weighted by molar-refractivity contribution is 5.96. The van der Waals surface area contributed by atoms with Crippen LogP contribution in [0.3, 0.4) is 0 Å². The summed E-state index contributed by atoms with van der Waals surface area (Å²) in [5, 5.41) is 2.82. The summed E-state index contributed by atoms with van der Waals surface area (Å²) in [5.41, 5.74) is 0.312. The largest absolute Gasteiger partial charge is 0.484 e. The average molecular weight is 365 g/mol. The summed E-state index contributed by atoms with van der Waals surface area (Å²) in [7, 11) is 0. The van der Waals surface area contributed by atoms with Crippen molar-refractivity contribution in [2.45, 2.75) is 40.7 Å². The van der Waals surface area contributed by atoms with Crippen molar-refractivity contribution in [3.8, 4) is 5.75 Å². The molecule has 1 rings (SSSR count). The number of hydrogen-bond acceptors (Lipinski definition) is 6. The van der Waals surface area contributed by atoms with Crippen LogP contribution in [-0.4, -0.2) is 43.7 Å². The zero-order valence-electron chi connectivity index (χ0n) is 16.0. The Morgan fingerprint density at radius 3 is 1.85 bits per heavy atom. The van der Waals surface area contributed by atoms with Crippen LogP contribution in [0.5, 0.6) is 5.75 Å². The molecule has 0 aliphatic rings. The first kappa shape index (κ1) is 21.5. The molecule has 1 aromatic rings. The maximum absolute atomic E-state index is 12.0. The summed E-state index contributed by atoms with van der Waals surface area (Å²) in [5.74, 6) is -0.944. The van der Waals surface area contributed by atoms with E-state index in [1.165, 1.54) is 18.2 Å². The molecule has 0 unspecified atom stereocenters. The van der Waals surface area contributed by atoms with E-state index in [-0.39, 0.29) is 48.6 Å². The molecule has 1 atom stereocenters. The molecule has 0 aromatic heterocycles. The first-order valence-corrected chi connectivity index (χ1v) is 8.69. The second-order valence-corrected chi connectivity index (χ2v) is 6.08. The topological polar surface area (TPSA) is 90.9 Å². The van der Waals surface area contributed by atoms with E-state index in [1.54, 1.807) is 13.8 Å². The maximum atomic E-state index is 12.0. The molecule has 0 aliphatic carbocycles. The summed E-state index contributed by atoms with van der Waals surface area (Å²) in [6.07, 6.45) is 0. The molecule has 144 valence electrons. The summed E-state index contributed by atoms with van der Waals surface area (Å²) in [6.45, 7) is 9.45. The second kappa shape index (κ2) is 10.4. The second-order valence-electron chi connectivity index (χ2n) is 6.08. The molecule has 1 N–H and O–H groups in total. The standard InChI is InChI=1S/C19H27NO6/c1-6-24-18(22)14-8-15(19(23)25-7-2)10-16(9-14)26-11-17(21)20-13(5)12(3)4/h8-10,12-13H,6-7,11H2,1-5H3,(H,20,21)/t13-/m1/s1. The molecule has 0 spiro atoms. The lowest BCUT2D eigenvalue weighted by Crippen LogP contribution is -2.38. The Labute approximate surface area is 154 Å². The van der Waals surface area contributed by atoms with Gasteiger partial charge in [0.2, 0.25) is 0 Å². The van der Waals surface area contributed by atoms with Crippen LogP contribution in [0.15, 0.2) is 18.2 Å². The van der Waals surface area contributed by atoms with Crippen molar-refractivity contribution in [1.29, 1.82) is 0 Å². The van der Waals surface area contributed by atoms with E-state index in [1.807, 2.05) is 20.8 Å². The maximum Gasteiger partial charge on any atom is 0.338 e. The molecule has 0 radical (unpaired) electrons. The highest BCUT2D eigenvalue weighted by Crippen LogP contribution is 2.19. The quantitative estimate of drug-likeness (QED) is 0.677. The molecule has 0 aliphatic heterocycles. The van der Waals surface area contributed by atoms with Crippen LogP contribution in [0.1, 0.15) is 55.3 Å². The van der Waals surface area contributed by atoms with Crippen LogP contribution in [0.2, 0.25) is 0 Å². The van der Waals surface area contributed by atoms with Gasteiger partial charge in [0.05, 0.1) is 24.3 Å². The number of ether oxygens (including phenoxy) is 3. The number of rotatable bonds is 9. The third-order valence-corrected chi connectivity index (χ3v) is 3.69. The van der Waals surface area contributed by atoms with Crippen LogP contribution in [-0.2, 0) is 14.3 Å². The van der Waals surface area contributed by atoms with Gasteiger partial charge in [-0.1, -0.05) is 13.8 Å². The van der Waals surface area contributed by atoms with Gasteiger partial charge in [0.1, 0.15) is 5.75 Å². The van der Waals surface area contributed by atoms with Crippen molar-refractivity contribution in [3.05, 3.63) is 29.3 Å². The molecule has 0 saturated carbocycles. The average Bonchev–Trinajstić information content (AvgIpc) is 2.60. The van der Waals surface area contributed by atoms with E-state index in [9.17, 15) is 14.4 Å². The van der Waals surface area contributed by atoms with Crippen molar-refractivity contribution in [2.75, 3.05) is 19.8 Å². The Hall–Kier alpha value is -2.57. The molecule has 7 nitrogen and oxygen atoms in total. The Morgan fingerprint density at radius 2 is 1.42 bits per heavy atom. The third kappa shape index (κ3) is 6.74. The minimum atomic E-state index is -0.582. The van der Waals surface area contributed by atoms with Crippen LogP contribution >= 0.6 is 0 Å². The highest BCUT2D eigenvalue weighted by Gasteiger charge is 2.16. The highest BCUT2D eigenvalue weighted by atomic mass is 16.5. The number of benzene rings is 1. The van der Waals surface area contributed by atoms with Crippen LogP contribution in [0, 0.1) is 5.92 Å². The van der Waals surface area contributed by atoms with Gasteiger partial charge in [0, 0.05) is 6.04 Å². The molecule has 0 heterocycles. The Balaban J connectivity index is 2.93. The van der Waals surface area contributed by atoms with Gasteiger partial charge in [0.25, 0.3) is 5.91 Å². The van der Waals surface area contributed by atoms with Gasteiger partial charge >= 0.3 is 11.9 Å². The molecule has 7 heteroatoms. The number of amides is 1. The lowest BCUT2D eigenvalue weighted by molar-refractivity contribution is -0.124. The number of carbonyl (C=O) groups is 3. The van der Waals surface area contributed by atoms with Gasteiger partial charge < -0.3 is 19.5 Å². The predicted octanol–water partition coefficient (Wildman–Crippen LogP) is 2.58. The van der Waals surface area contributed by atoms with Crippen LogP contribution in [0.4, 0.5) is 0 Å². The number of carbonyl (C=O) groups excluding carboxylic acids is 3. The SMILES string of the molecule is CCOC(=O)c1cc(OCC(=O)N[C@H](C)C(C)C)cc(C(=O)OCC)c1. The third-order valence-electron chi connectivity index (χ3n) is 3.69. The summed E-state index contributed by atoms with van der Waals surface area (Å²) >= 11 is 0. The minimum Gasteiger partial charge on any atom is -0.484 e. The Kier molecular flexibility index (Phi) is 8.61.